The number of nitrogens with zero attached hydrogens (tertiary/aromatic N) is 2. The standard InChI is InChI=1S/C19H19N3/c20-13-15-4-1-2-6-17(15)18-7-3-5-14-12-16-8-9-21-10-11-22(16)19(14)18/h1-7,16,21H,8-12H2. The molecule has 3 heteroatoms. The molecule has 0 radical (unpaired) electrons. The molecule has 1 saturated heterocycles. The summed E-state index contributed by atoms with van der Waals surface area (Å²) >= 11 is 0. The summed E-state index contributed by atoms with van der Waals surface area (Å²) < 4.78 is 0. The van der Waals surface area contributed by atoms with Crippen LogP contribution in [0.2, 0.25) is 0 Å². The molecule has 3 nitrogen and oxygen atoms in total. The van der Waals surface area contributed by atoms with Crippen LogP contribution in [0.25, 0.3) is 11.1 Å². The number of nitriles is 1. The minimum atomic E-state index is 0.598. The normalized spacial score (nSPS) is 20.0. The Morgan fingerprint density at radius 2 is 1.91 bits per heavy atom. The minimum absolute atomic E-state index is 0.598. The summed E-state index contributed by atoms with van der Waals surface area (Å²) in [5, 5.41) is 12.9. The Kier molecular flexibility index (Phi) is 3.32. The predicted octanol–water partition coefficient (Wildman–Crippen LogP) is 2.95. The maximum atomic E-state index is 9.43. The Morgan fingerprint density at radius 1 is 1.05 bits per heavy atom. The Hall–Kier alpha value is -2.31. The number of fused-ring (bicyclic) bond motifs is 3. The molecule has 1 atom stereocenters. The van der Waals surface area contributed by atoms with Crippen molar-refractivity contribution in [3.05, 3.63) is 53.6 Å². The third-order valence-electron chi connectivity index (χ3n) is 4.82. The maximum Gasteiger partial charge on any atom is 0.0998 e. The maximum absolute atomic E-state index is 9.43. The van der Waals surface area contributed by atoms with Crippen molar-refractivity contribution in [2.75, 3.05) is 24.5 Å². The molecular formula is C19H19N3. The molecule has 2 aromatic carbocycles. The average molecular weight is 289 g/mol. The van der Waals surface area contributed by atoms with E-state index in [9.17, 15) is 5.26 Å². The molecule has 0 saturated carbocycles. The number of hydrogen-bond donors (Lipinski definition) is 1. The van der Waals surface area contributed by atoms with Crippen molar-refractivity contribution in [3.63, 3.8) is 0 Å². The van der Waals surface area contributed by atoms with Gasteiger partial charge >= 0.3 is 0 Å². The second-order valence-corrected chi connectivity index (χ2v) is 6.06. The average Bonchev–Trinajstić information content (AvgIpc) is 2.76. The molecule has 2 aromatic rings. The Morgan fingerprint density at radius 3 is 2.82 bits per heavy atom. The summed E-state index contributed by atoms with van der Waals surface area (Å²) in [6.45, 7) is 3.17. The third kappa shape index (κ3) is 2.08. The van der Waals surface area contributed by atoms with Crippen LogP contribution >= 0.6 is 0 Å². The lowest BCUT2D eigenvalue weighted by atomic mass is 9.96. The lowest BCUT2D eigenvalue weighted by Gasteiger charge is -2.26. The number of para-hydroxylation sites is 1. The Balaban J connectivity index is 1.87. The molecule has 110 valence electrons. The van der Waals surface area contributed by atoms with E-state index in [-0.39, 0.29) is 0 Å². The molecular weight excluding hydrogens is 270 g/mol. The molecule has 1 fully saturated rings. The van der Waals surface area contributed by atoms with E-state index in [0.717, 1.165) is 37.2 Å². The molecule has 0 amide bonds. The first-order chi connectivity index (χ1) is 10.9. The topological polar surface area (TPSA) is 39.1 Å². The number of benzene rings is 2. The summed E-state index contributed by atoms with van der Waals surface area (Å²) in [7, 11) is 0. The monoisotopic (exact) mass is 289 g/mol. The lowest BCUT2D eigenvalue weighted by Crippen LogP contribution is -2.33. The van der Waals surface area contributed by atoms with Crippen molar-refractivity contribution in [3.8, 4) is 17.2 Å². The molecule has 0 spiro atoms. The predicted molar refractivity (Wildman–Crippen MR) is 88.9 cm³/mol. The van der Waals surface area contributed by atoms with Gasteiger partial charge in [-0.2, -0.15) is 5.26 Å². The van der Waals surface area contributed by atoms with E-state index in [1.165, 1.54) is 23.2 Å². The molecule has 1 N–H and O–H groups in total. The molecule has 2 aliphatic rings. The van der Waals surface area contributed by atoms with Gasteiger partial charge in [0.25, 0.3) is 0 Å². The van der Waals surface area contributed by atoms with Gasteiger partial charge in [-0.1, -0.05) is 36.4 Å². The zero-order valence-corrected chi connectivity index (χ0v) is 12.5. The van der Waals surface area contributed by atoms with E-state index >= 15 is 0 Å². The lowest BCUT2D eigenvalue weighted by molar-refractivity contribution is 0.612. The van der Waals surface area contributed by atoms with Gasteiger partial charge < -0.3 is 10.2 Å². The zero-order valence-electron chi connectivity index (χ0n) is 12.5. The molecule has 2 heterocycles. The van der Waals surface area contributed by atoms with Crippen LogP contribution in [0, 0.1) is 11.3 Å². The van der Waals surface area contributed by atoms with Gasteiger partial charge in [0.05, 0.1) is 11.6 Å². The van der Waals surface area contributed by atoms with Gasteiger partial charge in [0.2, 0.25) is 0 Å². The van der Waals surface area contributed by atoms with Crippen LogP contribution in [0.4, 0.5) is 5.69 Å². The fraction of sp³-hybridized carbons (Fsp3) is 0.316. The molecule has 0 aliphatic carbocycles. The van der Waals surface area contributed by atoms with E-state index in [4.69, 9.17) is 0 Å². The summed E-state index contributed by atoms with van der Waals surface area (Å²) in [6, 6.07) is 17.4. The van der Waals surface area contributed by atoms with Crippen molar-refractivity contribution in [1.82, 2.24) is 5.32 Å². The van der Waals surface area contributed by atoms with Crippen LogP contribution in [0.5, 0.6) is 0 Å². The summed E-state index contributed by atoms with van der Waals surface area (Å²) in [4.78, 5) is 2.55. The molecule has 4 rings (SSSR count). The fourth-order valence-electron chi connectivity index (χ4n) is 3.82. The van der Waals surface area contributed by atoms with Crippen LogP contribution in [-0.2, 0) is 6.42 Å². The van der Waals surface area contributed by atoms with Crippen LogP contribution in [0.15, 0.2) is 42.5 Å². The number of nitrogens with one attached hydrogen (secondary N) is 1. The summed E-state index contributed by atoms with van der Waals surface area (Å²) in [5.74, 6) is 0. The first kappa shape index (κ1) is 13.4. The number of rotatable bonds is 1. The van der Waals surface area contributed by atoms with Crippen molar-refractivity contribution in [2.45, 2.75) is 18.9 Å². The largest absolute Gasteiger partial charge is 0.366 e. The third-order valence-corrected chi connectivity index (χ3v) is 4.82. The second kappa shape index (κ2) is 5.47. The molecule has 2 aliphatic heterocycles. The highest BCUT2D eigenvalue weighted by atomic mass is 15.2. The van der Waals surface area contributed by atoms with E-state index < -0.39 is 0 Å². The van der Waals surface area contributed by atoms with Gasteiger partial charge in [0, 0.05) is 35.9 Å². The quantitative estimate of drug-likeness (QED) is 0.877. The van der Waals surface area contributed by atoms with Crippen LogP contribution < -0.4 is 10.2 Å². The van der Waals surface area contributed by atoms with Crippen molar-refractivity contribution < 1.29 is 0 Å². The van der Waals surface area contributed by atoms with E-state index in [1.54, 1.807) is 0 Å². The zero-order chi connectivity index (χ0) is 14.9. The van der Waals surface area contributed by atoms with Crippen molar-refractivity contribution >= 4 is 5.69 Å². The van der Waals surface area contributed by atoms with E-state index in [1.807, 2.05) is 18.2 Å². The van der Waals surface area contributed by atoms with Gasteiger partial charge in [-0.3, -0.25) is 0 Å². The summed E-state index contributed by atoms with van der Waals surface area (Å²) in [5.41, 5.74) is 5.79. The molecule has 0 aromatic heterocycles. The smallest absolute Gasteiger partial charge is 0.0998 e. The van der Waals surface area contributed by atoms with Gasteiger partial charge in [-0.15, -0.1) is 0 Å². The molecule has 1 unspecified atom stereocenters. The number of anilines is 1. The summed E-state index contributed by atoms with van der Waals surface area (Å²) in [6.07, 6.45) is 2.31. The number of hydrogen-bond acceptors (Lipinski definition) is 3. The first-order valence-corrected chi connectivity index (χ1v) is 7.97. The van der Waals surface area contributed by atoms with Crippen LogP contribution in [-0.4, -0.2) is 25.7 Å². The van der Waals surface area contributed by atoms with E-state index in [2.05, 4.69) is 40.6 Å². The first-order valence-electron chi connectivity index (χ1n) is 7.97. The van der Waals surface area contributed by atoms with Crippen LogP contribution in [0.1, 0.15) is 17.5 Å². The highest BCUT2D eigenvalue weighted by Crippen LogP contribution is 2.42. The highest BCUT2D eigenvalue weighted by molar-refractivity contribution is 5.85. The Bertz CT molecular complexity index is 745. The Labute approximate surface area is 131 Å². The van der Waals surface area contributed by atoms with Crippen molar-refractivity contribution in [2.24, 2.45) is 0 Å². The highest BCUT2D eigenvalue weighted by Gasteiger charge is 2.32. The van der Waals surface area contributed by atoms with Gasteiger partial charge in [-0.25, -0.2) is 0 Å². The second-order valence-electron chi connectivity index (χ2n) is 6.06. The fourth-order valence-corrected chi connectivity index (χ4v) is 3.82. The van der Waals surface area contributed by atoms with E-state index in [0.29, 0.717) is 6.04 Å². The molecule has 22 heavy (non-hydrogen) atoms. The van der Waals surface area contributed by atoms with Gasteiger partial charge in [-0.05, 0) is 31.0 Å². The van der Waals surface area contributed by atoms with Crippen molar-refractivity contribution in [1.29, 1.82) is 5.26 Å². The van der Waals surface area contributed by atoms with Gasteiger partial charge in [0.1, 0.15) is 0 Å². The minimum Gasteiger partial charge on any atom is -0.366 e. The SMILES string of the molecule is N#Cc1ccccc1-c1cccc2c1N1CCNCCC1C2. The van der Waals surface area contributed by atoms with Crippen LogP contribution in [0.3, 0.4) is 0 Å². The molecule has 0 bridgehead atoms. The van der Waals surface area contributed by atoms with Gasteiger partial charge in [0.15, 0.2) is 0 Å².